The molecule has 0 radical (unpaired) electrons. The number of halogens is 1. The Balaban J connectivity index is 1.97. The number of nitrogens with one attached hydrogen (secondary N) is 1. The molecule has 1 aromatic heterocycles. The normalized spacial score (nSPS) is 10.7. The van der Waals surface area contributed by atoms with Gasteiger partial charge in [-0.2, -0.15) is 0 Å². The van der Waals surface area contributed by atoms with E-state index in [1.54, 1.807) is 30.3 Å². The van der Waals surface area contributed by atoms with Crippen LogP contribution in [0.15, 0.2) is 53.3 Å². The number of aromatic amines is 1. The molecular weight excluding hydrogens is 271 g/mol. The van der Waals surface area contributed by atoms with E-state index in [2.05, 4.69) is 9.97 Å². The van der Waals surface area contributed by atoms with Crippen LogP contribution in [0.3, 0.4) is 0 Å². The average molecular weight is 282 g/mol. The van der Waals surface area contributed by atoms with Crippen LogP contribution < -0.4 is 5.56 Å². The maximum atomic E-state index is 13.6. The van der Waals surface area contributed by atoms with E-state index in [4.69, 9.17) is 0 Å². The number of nitrogens with zero attached hydrogens (tertiary/aromatic N) is 1. The molecule has 0 spiro atoms. The SMILES string of the molecule is O=C(Cc1nc2ccccc2c(=O)[nH]1)c1ccccc1F. The lowest BCUT2D eigenvalue weighted by molar-refractivity contribution is 0.0987. The topological polar surface area (TPSA) is 62.8 Å². The van der Waals surface area contributed by atoms with E-state index < -0.39 is 11.6 Å². The summed E-state index contributed by atoms with van der Waals surface area (Å²) >= 11 is 0. The first-order chi connectivity index (χ1) is 10.1. The molecule has 2 aromatic carbocycles. The smallest absolute Gasteiger partial charge is 0.258 e. The molecule has 0 saturated heterocycles. The largest absolute Gasteiger partial charge is 0.310 e. The zero-order valence-electron chi connectivity index (χ0n) is 11.0. The molecule has 0 amide bonds. The van der Waals surface area contributed by atoms with Gasteiger partial charge in [0.05, 0.1) is 22.9 Å². The van der Waals surface area contributed by atoms with Crippen molar-refractivity contribution in [1.82, 2.24) is 9.97 Å². The number of H-pyrrole nitrogens is 1. The number of ketones is 1. The molecule has 0 aliphatic rings. The molecule has 5 heteroatoms. The van der Waals surface area contributed by atoms with Gasteiger partial charge in [0.1, 0.15) is 11.6 Å². The van der Waals surface area contributed by atoms with Gasteiger partial charge in [0, 0.05) is 0 Å². The van der Waals surface area contributed by atoms with Crippen molar-refractivity contribution >= 4 is 16.7 Å². The van der Waals surface area contributed by atoms with Crippen molar-refractivity contribution in [3.63, 3.8) is 0 Å². The number of benzene rings is 2. The van der Waals surface area contributed by atoms with Gasteiger partial charge in [-0.25, -0.2) is 9.37 Å². The van der Waals surface area contributed by atoms with Crippen molar-refractivity contribution in [2.24, 2.45) is 0 Å². The highest BCUT2D eigenvalue weighted by Crippen LogP contribution is 2.11. The van der Waals surface area contributed by atoms with E-state index >= 15 is 0 Å². The third-order valence-electron chi connectivity index (χ3n) is 3.16. The number of para-hydroxylation sites is 1. The van der Waals surface area contributed by atoms with Crippen LogP contribution in [0, 0.1) is 5.82 Å². The van der Waals surface area contributed by atoms with Gasteiger partial charge in [-0.15, -0.1) is 0 Å². The summed E-state index contributed by atoms with van der Waals surface area (Å²) in [6, 6.07) is 12.6. The predicted molar refractivity (Wildman–Crippen MR) is 76.8 cm³/mol. The van der Waals surface area contributed by atoms with Crippen molar-refractivity contribution in [3.8, 4) is 0 Å². The first-order valence-corrected chi connectivity index (χ1v) is 6.41. The zero-order chi connectivity index (χ0) is 14.8. The van der Waals surface area contributed by atoms with Crippen LogP contribution in [0.25, 0.3) is 10.9 Å². The number of Topliss-reactive ketones (excluding diaryl/α,β-unsaturated/α-hetero) is 1. The molecule has 0 unspecified atom stereocenters. The van der Waals surface area contributed by atoms with Crippen molar-refractivity contribution in [3.05, 3.63) is 76.1 Å². The monoisotopic (exact) mass is 282 g/mol. The highest BCUT2D eigenvalue weighted by atomic mass is 19.1. The van der Waals surface area contributed by atoms with Crippen molar-refractivity contribution in [2.45, 2.75) is 6.42 Å². The number of hydrogen-bond donors (Lipinski definition) is 1. The maximum Gasteiger partial charge on any atom is 0.258 e. The lowest BCUT2D eigenvalue weighted by atomic mass is 10.1. The van der Waals surface area contributed by atoms with Crippen LogP contribution in [0.5, 0.6) is 0 Å². The second kappa shape index (κ2) is 5.28. The predicted octanol–water partition coefficient (Wildman–Crippen LogP) is 2.49. The Morgan fingerprint density at radius 2 is 1.81 bits per heavy atom. The lowest BCUT2D eigenvalue weighted by Crippen LogP contribution is -2.15. The van der Waals surface area contributed by atoms with Crippen molar-refractivity contribution in [2.75, 3.05) is 0 Å². The molecule has 3 aromatic rings. The van der Waals surface area contributed by atoms with E-state index in [9.17, 15) is 14.0 Å². The fourth-order valence-electron chi connectivity index (χ4n) is 2.15. The number of hydrogen-bond acceptors (Lipinski definition) is 3. The molecule has 1 heterocycles. The van der Waals surface area contributed by atoms with Crippen LogP contribution in [0.1, 0.15) is 16.2 Å². The van der Waals surface area contributed by atoms with Crippen molar-refractivity contribution < 1.29 is 9.18 Å². The van der Waals surface area contributed by atoms with Gasteiger partial charge in [-0.3, -0.25) is 9.59 Å². The Morgan fingerprint density at radius 3 is 2.62 bits per heavy atom. The number of carbonyl (C=O) groups is 1. The van der Waals surface area contributed by atoms with Crippen LogP contribution >= 0.6 is 0 Å². The Hall–Kier alpha value is -2.82. The summed E-state index contributed by atoms with van der Waals surface area (Å²) in [5, 5.41) is 0.458. The molecular formula is C16H11FN2O2. The van der Waals surface area contributed by atoms with Crippen LogP contribution in [0.2, 0.25) is 0 Å². The Labute approximate surface area is 119 Å². The second-order valence-corrected chi connectivity index (χ2v) is 4.61. The standard InChI is InChI=1S/C16H11FN2O2/c17-12-7-3-1-5-10(12)14(20)9-15-18-13-8-4-2-6-11(13)16(21)19-15/h1-8H,9H2,(H,18,19,21). The minimum Gasteiger partial charge on any atom is -0.310 e. The number of rotatable bonds is 3. The van der Waals surface area contributed by atoms with Gasteiger partial charge in [-0.1, -0.05) is 24.3 Å². The highest BCUT2D eigenvalue weighted by molar-refractivity contribution is 5.97. The summed E-state index contributed by atoms with van der Waals surface area (Å²) in [6.45, 7) is 0. The molecule has 0 fully saturated rings. The van der Waals surface area contributed by atoms with Gasteiger partial charge >= 0.3 is 0 Å². The Bertz CT molecular complexity index is 887. The molecule has 0 aliphatic carbocycles. The molecule has 0 atom stereocenters. The molecule has 4 nitrogen and oxygen atoms in total. The summed E-state index contributed by atoms with van der Waals surface area (Å²) in [5.74, 6) is -0.774. The third kappa shape index (κ3) is 2.58. The summed E-state index contributed by atoms with van der Waals surface area (Å²) in [6.07, 6.45) is -0.152. The first-order valence-electron chi connectivity index (χ1n) is 6.41. The maximum absolute atomic E-state index is 13.6. The molecule has 0 bridgehead atoms. The fourth-order valence-corrected chi connectivity index (χ4v) is 2.15. The molecule has 0 aliphatic heterocycles. The minimum atomic E-state index is -0.578. The molecule has 1 N–H and O–H groups in total. The van der Waals surface area contributed by atoms with Gasteiger partial charge in [-0.05, 0) is 24.3 Å². The van der Waals surface area contributed by atoms with E-state index in [-0.39, 0.29) is 23.4 Å². The average Bonchev–Trinajstić information content (AvgIpc) is 2.47. The second-order valence-electron chi connectivity index (χ2n) is 4.61. The van der Waals surface area contributed by atoms with E-state index in [1.165, 1.54) is 18.2 Å². The molecule has 0 saturated carbocycles. The number of carbonyl (C=O) groups excluding carboxylic acids is 1. The molecule has 104 valence electrons. The van der Waals surface area contributed by atoms with Gasteiger partial charge in [0.25, 0.3) is 5.56 Å². The highest BCUT2D eigenvalue weighted by Gasteiger charge is 2.13. The summed E-state index contributed by atoms with van der Waals surface area (Å²) < 4.78 is 13.6. The zero-order valence-corrected chi connectivity index (χ0v) is 11.0. The van der Waals surface area contributed by atoms with Gasteiger partial charge in [0.2, 0.25) is 0 Å². The van der Waals surface area contributed by atoms with Gasteiger partial charge < -0.3 is 4.98 Å². The number of aromatic nitrogens is 2. The summed E-state index contributed by atoms with van der Waals surface area (Å²) in [7, 11) is 0. The number of fused-ring (bicyclic) bond motifs is 1. The van der Waals surface area contributed by atoms with Crippen LogP contribution in [-0.4, -0.2) is 15.8 Å². The molecule has 3 rings (SSSR count). The summed E-state index contributed by atoms with van der Waals surface area (Å²) in [5.41, 5.74) is 0.197. The Morgan fingerprint density at radius 1 is 1.10 bits per heavy atom. The van der Waals surface area contributed by atoms with Crippen LogP contribution in [0.4, 0.5) is 4.39 Å². The lowest BCUT2D eigenvalue weighted by Gasteiger charge is -2.03. The summed E-state index contributed by atoms with van der Waals surface area (Å²) in [4.78, 5) is 30.8. The van der Waals surface area contributed by atoms with E-state index in [1.807, 2.05) is 0 Å². The first kappa shape index (κ1) is 13.2. The molecule has 21 heavy (non-hydrogen) atoms. The van der Waals surface area contributed by atoms with Crippen LogP contribution in [-0.2, 0) is 6.42 Å². The quantitative estimate of drug-likeness (QED) is 0.751. The minimum absolute atomic E-state index is 0.00620. The Kier molecular flexibility index (Phi) is 3.31. The van der Waals surface area contributed by atoms with E-state index in [0.29, 0.717) is 10.9 Å². The van der Waals surface area contributed by atoms with Gasteiger partial charge in [0.15, 0.2) is 5.78 Å². The fraction of sp³-hybridized carbons (Fsp3) is 0.0625. The van der Waals surface area contributed by atoms with Crippen molar-refractivity contribution in [1.29, 1.82) is 0 Å². The van der Waals surface area contributed by atoms with E-state index in [0.717, 1.165) is 0 Å². The third-order valence-corrected chi connectivity index (χ3v) is 3.16.